The third-order valence-corrected chi connectivity index (χ3v) is 4.99. The number of halogens is 3. The van der Waals surface area contributed by atoms with E-state index in [9.17, 15) is 23.1 Å². The number of hydrogen-bond donors (Lipinski definition) is 2. The van der Waals surface area contributed by atoms with Crippen molar-refractivity contribution in [1.29, 1.82) is 0 Å². The number of nitrogens with one attached hydrogen (secondary N) is 1. The van der Waals surface area contributed by atoms with E-state index >= 15 is 0 Å². The molecule has 24 heavy (non-hydrogen) atoms. The molecule has 2 aliphatic heterocycles. The van der Waals surface area contributed by atoms with Crippen LogP contribution in [0.15, 0.2) is 12.4 Å². The van der Waals surface area contributed by atoms with E-state index in [0.717, 1.165) is 10.5 Å². The molecule has 6 nitrogen and oxygen atoms in total. The summed E-state index contributed by atoms with van der Waals surface area (Å²) in [6.07, 6.45) is -1.46. The highest BCUT2D eigenvalue weighted by Crippen LogP contribution is 2.38. The van der Waals surface area contributed by atoms with Crippen LogP contribution >= 0.6 is 0 Å². The van der Waals surface area contributed by atoms with E-state index in [1.165, 1.54) is 0 Å². The third-order valence-electron chi connectivity index (χ3n) is 4.99. The minimum atomic E-state index is -4.73. The Morgan fingerprint density at radius 2 is 2.21 bits per heavy atom. The Hall–Kier alpha value is -1.61. The summed E-state index contributed by atoms with van der Waals surface area (Å²) in [7, 11) is 1.77. The Balaban J connectivity index is 1.76. The molecule has 0 saturated carbocycles. The van der Waals surface area contributed by atoms with E-state index in [-0.39, 0.29) is 31.2 Å². The average molecular weight is 346 g/mol. The highest BCUT2D eigenvalue weighted by atomic mass is 19.4. The van der Waals surface area contributed by atoms with Gasteiger partial charge in [-0.25, -0.2) is 0 Å². The van der Waals surface area contributed by atoms with E-state index in [2.05, 4.69) is 10.4 Å². The zero-order valence-electron chi connectivity index (χ0n) is 13.4. The molecule has 0 bridgehead atoms. The molecule has 1 aromatic heterocycles. The molecule has 1 amide bonds. The van der Waals surface area contributed by atoms with Crippen molar-refractivity contribution < 1.29 is 23.1 Å². The average Bonchev–Trinajstić information content (AvgIpc) is 3.13. The lowest BCUT2D eigenvalue weighted by molar-refractivity contribution is -0.272. The molecule has 134 valence electrons. The summed E-state index contributed by atoms with van der Waals surface area (Å²) in [6, 6.07) is 0. The van der Waals surface area contributed by atoms with Crippen LogP contribution in [0, 0.1) is 5.92 Å². The van der Waals surface area contributed by atoms with Gasteiger partial charge >= 0.3 is 6.18 Å². The van der Waals surface area contributed by atoms with Crippen molar-refractivity contribution in [3.63, 3.8) is 0 Å². The fourth-order valence-electron chi connectivity index (χ4n) is 3.61. The van der Waals surface area contributed by atoms with Crippen molar-refractivity contribution in [2.45, 2.75) is 30.5 Å². The van der Waals surface area contributed by atoms with Gasteiger partial charge in [0.2, 0.25) is 5.91 Å². The molecular formula is C15H21F3N4O2. The van der Waals surface area contributed by atoms with Crippen LogP contribution in [-0.4, -0.2) is 63.7 Å². The summed E-state index contributed by atoms with van der Waals surface area (Å²) >= 11 is 0. The lowest BCUT2D eigenvalue weighted by atomic mass is 9.87. The molecule has 0 aliphatic carbocycles. The molecule has 9 heteroatoms. The number of β-amino-alcohol motifs (C(OH)–C–C–N with tert-alkyl or cyclic N) is 1. The summed E-state index contributed by atoms with van der Waals surface area (Å²) in [5.74, 6) is -0.895. The maximum Gasteiger partial charge on any atom is 0.418 e. The van der Waals surface area contributed by atoms with Crippen LogP contribution in [0.25, 0.3) is 0 Å². The smallest absolute Gasteiger partial charge is 0.379 e. The van der Waals surface area contributed by atoms with Gasteiger partial charge in [0.1, 0.15) is 0 Å². The molecule has 3 atom stereocenters. The molecule has 2 aliphatic rings. The molecule has 3 heterocycles. The first-order chi connectivity index (χ1) is 11.2. The van der Waals surface area contributed by atoms with Gasteiger partial charge in [0.15, 0.2) is 5.60 Å². The molecular weight excluding hydrogens is 325 g/mol. The first kappa shape index (κ1) is 17.2. The van der Waals surface area contributed by atoms with Crippen LogP contribution in [0.1, 0.15) is 24.3 Å². The lowest BCUT2D eigenvalue weighted by Crippen LogP contribution is -2.59. The molecule has 0 spiro atoms. The lowest BCUT2D eigenvalue weighted by Gasteiger charge is -2.41. The molecule has 0 aromatic carbocycles. The Bertz CT molecular complexity index is 618. The Labute approximate surface area is 137 Å². The molecule has 2 fully saturated rings. The van der Waals surface area contributed by atoms with E-state index in [0.29, 0.717) is 13.1 Å². The number of nitrogens with zero attached hydrogens (tertiary/aromatic N) is 3. The number of hydrogen-bond acceptors (Lipinski definition) is 4. The van der Waals surface area contributed by atoms with Crippen molar-refractivity contribution in [2.75, 3.05) is 26.2 Å². The van der Waals surface area contributed by atoms with Gasteiger partial charge in [-0.2, -0.15) is 18.3 Å². The van der Waals surface area contributed by atoms with Crippen LogP contribution in [-0.2, 0) is 11.8 Å². The summed E-state index contributed by atoms with van der Waals surface area (Å²) < 4.78 is 40.9. The van der Waals surface area contributed by atoms with Gasteiger partial charge in [-0.15, -0.1) is 0 Å². The number of alkyl halides is 3. The van der Waals surface area contributed by atoms with Gasteiger partial charge in [-0.05, 0) is 18.4 Å². The number of aliphatic hydroxyl groups is 1. The van der Waals surface area contributed by atoms with Gasteiger partial charge in [-0.1, -0.05) is 0 Å². The van der Waals surface area contributed by atoms with E-state index in [1.54, 1.807) is 17.9 Å². The summed E-state index contributed by atoms with van der Waals surface area (Å²) in [5, 5.41) is 17.1. The number of amides is 1. The SMILES string of the molecule is Cn1cc([C@H]2CNC[C@@H]2C(=O)N2CCCC(O)(C(F)(F)F)C2)cn1. The second kappa shape index (κ2) is 6.03. The van der Waals surface area contributed by atoms with Gasteiger partial charge in [0, 0.05) is 38.8 Å². The van der Waals surface area contributed by atoms with Crippen molar-refractivity contribution in [3.8, 4) is 0 Å². The fraction of sp³-hybridized carbons (Fsp3) is 0.733. The minimum absolute atomic E-state index is 0.118. The molecule has 2 saturated heterocycles. The number of likely N-dealkylation sites (tertiary alicyclic amines) is 1. The zero-order valence-corrected chi connectivity index (χ0v) is 13.4. The summed E-state index contributed by atoms with van der Waals surface area (Å²) in [4.78, 5) is 14.0. The van der Waals surface area contributed by atoms with E-state index in [4.69, 9.17) is 0 Å². The predicted octanol–water partition coefficient (Wildman–Crippen LogP) is 0.639. The van der Waals surface area contributed by atoms with Crippen LogP contribution < -0.4 is 5.32 Å². The Morgan fingerprint density at radius 3 is 2.83 bits per heavy atom. The van der Waals surface area contributed by atoms with Crippen molar-refractivity contribution >= 4 is 5.91 Å². The Kier molecular flexibility index (Phi) is 4.33. The van der Waals surface area contributed by atoms with Crippen LogP contribution in [0.5, 0.6) is 0 Å². The first-order valence-corrected chi connectivity index (χ1v) is 7.98. The topological polar surface area (TPSA) is 70.4 Å². The third kappa shape index (κ3) is 3.02. The zero-order chi connectivity index (χ0) is 17.5. The van der Waals surface area contributed by atoms with E-state index in [1.807, 2.05) is 6.20 Å². The standard InChI is InChI=1S/C15H21F3N4O2/c1-21-8-10(5-20-21)11-6-19-7-12(11)13(23)22-4-2-3-14(24,9-22)15(16,17)18/h5,8,11-12,19,24H,2-4,6-7,9H2,1H3/t11-,12+,14?/m1/s1. The second-order valence-corrected chi connectivity index (χ2v) is 6.71. The maximum atomic E-state index is 13.1. The number of carbonyl (C=O) groups is 1. The second-order valence-electron chi connectivity index (χ2n) is 6.71. The number of aryl methyl sites for hydroxylation is 1. The number of rotatable bonds is 2. The molecule has 3 rings (SSSR count). The number of carbonyl (C=O) groups excluding carboxylic acids is 1. The largest absolute Gasteiger partial charge is 0.418 e. The fourth-order valence-corrected chi connectivity index (χ4v) is 3.61. The first-order valence-electron chi connectivity index (χ1n) is 7.98. The van der Waals surface area contributed by atoms with Crippen LogP contribution in [0.3, 0.4) is 0 Å². The summed E-state index contributed by atoms with van der Waals surface area (Å²) in [5.41, 5.74) is -1.92. The van der Waals surface area contributed by atoms with Crippen molar-refractivity contribution in [3.05, 3.63) is 18.0 Å². The highest BCUT2D eigenvalue weighted by Gasteiger charge is 2.56. The number of aromatic nitrogens is 2. The van der Waals surface area contributed by atoms with Gasteiger partial charge < -0.3 is 15.3 Å². The molecule has 1 aromatic rings. The van der Waals surface area contributed by atoms with Crippen molar-refractivity contribution in [1.82, 2.24) is 20.0 Å². The van der Waals surface area contributed by atoms with Gasteiger partial charge in [-0.3, -0.25) is 9.48 Å². The normalized spacial score (nSPS) is 31.5. The maximum absolute atomic E-state index is 13.1. The quantitative estimate of drug-likeness (QED) is 0.825. The van der Waals surface area contributed by atoms with Gasteiger partial charge in [0.05, 0.1) is 18.7 Å². The highest BCUT2D eigenvalue weighted by molar-refractivity contribution is 5.81. The van der Waals surface area contributed by atoms with Crippen molar-refractivity contribution in [2.24, 2.45) is 13.0 Å². The minimum Gasteiger partial charge on any atom is -0.379 e. The number of piperidine rings is 1. The van der Waals surface area contributed by atoms with E-state index < -0.39 is 24.2 Å². The summed E-state index contributed by atoms with van der Waals surface area (Å²) in [6.45, 7) is 0.553. The Morgan fingerprint density at radius 1 is 1.46 bits per heavy atom. The predicted molar refractivity (Wildman–Crippen MR) is 79.1 cm³/mol. The molecule has 2 N–H and O–H groups in total. The van der Waals surface area contributed by atoms with Crippen LogP contribution in [0.2, 0.25) is 0 Å². The molecule has 0 radical (unpaired) electrons. The molecule has 1 unspecified atom stereocenters. The monoisotopic (exact) mass is 346 g/mol. The van der Waals surface area contributed by atoms with Gasteiger partial charge in [0.25, 0.3) is 0 Å². The van der Waals surface area contributed by atoms with Crippen LogP contribution in [0.4, 0.5) is 13.2 Å².